The molecular weight excluding hydrogens is 297 g/mol. The zero-order valence-electron chi connectivity index (χ0n) is 12.5. The number of anilines is 3. The van der Waals surface area contributed by atoms with Crippen LogP contribution in [0, 0.1) is 5.82 Å². The van der Waals surface area contributed by atoms with E-state index in [0.717, 1.165) is 17.4 Å². The van der Waals surface area contributed by atoms with Gasteiger partial charge in [0.25, 0.3) is 0 Å². The minimum atomic E-state index is -0.646. The fourth-order valence-corrected chi connectivity index (χ4v) is 2.31. The molecule has 0 atom stereocenters. The van der Waals surface area contributed by atoms with Gasteiger partial charge in [-0.1, -0.05) is 6.58 Å². The summed E-state index contributed by atoms with van der Waals surface area (Å²) in [4.78, 5) is 8.21. The Hall–Kier alpha value is -3.16. The fourth-order valence-electron chi connectivity index (χ4n) is 2.31. The van der Waals surface area contributed by atoms with Gasteiger partial charge in [-0.2, -0.15) is 5.10 Å². The van der Waals surface area contributed by atoms with Crippen molar-refractivity contribution in [1.82, 2.24) is 19.7 Å². The Morgan fingerprint density at radius 2 is 2.17 bits per heavy atom. The molecule has 23 heavy (non-hydrogen) atoms. The first-order valence-corrected chi connectivity index (χ1v) is 6.98. The van der Waals surface area contributed by atoms with Crippen molar-refractivity contribution in [3.05, 3.63) is 42.6 Å². The van der Waals surface area contributed by atoms with Crippen LogP contribution in [-0.4, -0.2) is 19.7 Å². The molecule has 3 aromatic heterocycles. The number of nitrogens with two attached hydrogens (primary N) is 2. The van der Waals surface area contributed by atoms with Crippen LogP contribution in [0.25, 0.3) is 16.6 Å². The van der Waals surface area contributed by atoms with E-state index in [1.165, 1.54) is 6.07 Å². The highest BCUT2D eigenvalue weighted by Crippen LogP contribution is 2.29. The number of aromatic nitrogens is 4. The molecule has 3 heterocycles. The van der Waals surface area contributed by atoms with E-state index in [4.69, 9.17) is 11.5 Å². The van der Waals surface area contributed by atoms with Gasteiger partial charge in [0.1, 0.15) is 5.82 Å². The summed E-state index contributed by atoms with van der Waals surface area (Å²) >= 11 is 0. The molecule has 0 aliphatic heterocycles. The largest absolute Gasteiger partial charge is 0.399 e. The molecule has 0 aliphatic carbocycles. The van der Waals surface area contributed by atoms with Crippen LogP contribution in [0.5, 0.6) is 0 Å². The number of fused-ring (bicyclic) bond motifs is 1. The van der Waals surface area contributed by atoms with Crippen LogP contribution in [0.1, 0.15) is 12.5 Å². The van der Waals surface area contributed by atoms with Crippen LogP contribution in [0.15, 0.2) is 31.2 Å². The average molecular weight is 313 g/mol. The zero-order chi connectivity index (χ0) is 16.6. The lowest BCUT2D eigenvalue weighted by atomic mass is 10.2. The Balaban J connectivity index is 2.11. The second-order valence-electron chi connectivity index (χ2n) is 4.98. The summed E-state index contributed by atoms with van der Waals surface area (Å²) in [5.74, 6) is -0.552. The molecule has 0 radical (unpaired) electrons. The smallest absolute Gasteiger partial charge is 0.166 e. The van der Waals surface area contributed by atoms with Gasteiger partial charge < -0.3 is 16.8 Å². The number of hydrogen-bond acceptors (Lipinski definition) is 6. The Kier molecular flexibility index (Phi) is 3.57. The Morgan fingerprint density at radius 3 is 2.87 bits per heavy atom. The highest BCUT2D eigenvalue weighted by molar-refractivity contribution is 5.93. The van der Waals surface area contributed by atoms with E-state index < -0.39 is 5.82 Å². The van der Waals surface area contributed by atoms with Gasteiger partial charge in [0.05, 0.1) is 29.8 Å². The number of halogens is 1. The Morgan fingerprint density at radius 1 is 1.39 bits per heavy atom. The number of pyridine rings is 2. The van der Waals surface area contributed by atoms with Crippen LogP contribution in [-0.2, 0) is 6.54 Å². The topological polar surface area (TPSA) is 108 Å². The molecule has 3 aromatic rings. The van der Waals surface area contributed by atoms with Gasteiger partial charge in [0, 0.05) is 23.2 Å². The van der Waals surface area contributed by atoms with Gasteiger partial charge in [-0.15, -0.1) is 0 Å². The van der Waals surface area contributed by atoms with Gasteiger partial charge in [0.2, 0.25) is 0 Å². The number of nitrogens with zero attached hydrogens (tertiary/aromatic N) is 4. The first-order chi connectivity index (χ1) is 11.0. The van der Waals surface area contributed by atoms with Crippen molar-refractivity contribution in [3.8, 4) is 0 Å². The third kappa shape index (κ3) is 2.54. The van der Waals surface area contributed by atoms with Gasteiger partial charge in [-0.3, -0.25) is 9.67 Å². The Bertz CT molecular complexity index is 900. The molecule has 0 amide bonds. The van der Waals surface area contributed by atoms with Gasteiger partial charge in [0.15, 0.2) is 11.6 Å². The summed E-state index contributed by atoms with van der Waals surface area (Å²) in [6, 6.07) is 1.20. The molecule has 0 aliphatic rings. The van der Waals surface area contributed by atoms with E-state index in [-0.39, 0.29) is 11.5 Å². The van der Waals surface area contributed by atoms with Crippen LogP contribution < -0.4 is 16.8 Å². The average Bonchev–Trinajstić information content (AvgIpc) is 2.94. The number of aryl methyl sites for hydroxylation is 1. The molecule has 0 fully saturated rings. The molecule has 118 valence electrons. The monoisotopic (exact) mass is 313 g/mol. The molecule has 0 saturated heterocycles. The van der Waals surface area contributed by atoms with Crippen molar-refractivity contribution in [1.29, 1.82) is 0 Å². The third-order valence-corrected chi connectivity index (χ3v) is 3.47. The van der Waals surface area contributed by atoms with Gasteiger partial charge in [-0.25, -0.2) is 9.37 Å². The van der Waals surface area contributed by atoms with E-state index in [1.807, 2.05) is 11.6 Å². The van der Waals surface area contributed by atoms with Crippen molar-refractivity contribution in [2.75, 3.05) is 11.1 Å². The van der Waals surface area contributed by atoms with Crippen molar-refractivity contribution < 1.29 is 4.39 Å². The third-order valence-electron chi connectivity index (χ3n) is 3.47. The quantitative estimate of drug-likeness (QED) is 0.682. The molecule has 0 unspecified atom stereocenters. The summed E-state index contributed by atoms with van der Waals surface area (Å²) < 4.78 is 15.4. The number of nitrogens with one attached hydrogen (secondary N) is 1. The molecule has 0 bridgehead atoms. The lowest BCUT2D eigenvalue weighted by Gasteiger charge is -2.12. The molecule has 0 aromatic carbocycles. The highest BCUT2D eigenvalue weighted by atomic mass is 19.1. The summed E-state index contributed by atoms with van der Waals surface area (Å²) in [5, 5.41) is 8.24. The van der Waals surface area contributed by atoms with Gasteiger partial charge in [-0.05, 0) is 13.0 Å². The van der Waals surface area contributed by atoms with E-state index >= 15 is 0 Å². The first kappa shape index (κ1) is 14.8. The zero-order valence-corrected chi connectivity index (χ0v) is 12.5. The molecule has 3 rings (SSSR count). The summed E-state index contributed by atoms with van der Waals surface area (Å²) in [5.41, 5.74) is 13.3. The standard InChI is InChI=1S/C15H16FN7/c1-3-23-13-7-19-6-12(10(13)5-20-23)21-15-9(8(2)17)4-11(16)14(18)22-15/h4-7H,2-3,17H2,1H3,(H3,18,21,22). The number of nitrogen functional groups attached to an aromatic ring is 1. The van der Waals surface area contributed by atoms with E-state index in [2.05, 4.69) is 27.0 Å². The van der Waals surface area contributed by atoms with E-state index in [1.54, 1.807) is 18.6 Å². The maximum Gasteiger partial charge on any atom is 0.166 e. The molecule has 8 heteroatoms. The summed E-state index contributed by atoms with van der Waals surface area (Å²) in [6.07, 6.45) is 5.09. The second kappa shape index (κ2) is 5.56. The highest BCUT2D eigenvalue weighted by Gasteiger charge is 2.14. The minimum Gasteiger partial charge on any atom is -0.399 e. The maximum absolute atomic E-state index is 13.6. The van der Waals surface area contributed by atoms with E-state index in [0.29, 0.717) is 17.1 Å². The summed E-state index contributed by atoms with van der Waals surface area (Å²) in [7, 11) is 0. The molecule has 5 N–H and O–H groups in total. The molecule has 7 nitrogen and oxygen atoms in total. The van der Waals surface area contributed by atoms with Crippen molar-refractivity contribution in [2.24, 2.45) is 5.73 Å². The molecule has 0 saturated carbocycles. The van der Waals surface area contributed by atoms with Crippen molar-refractivity contribution in [3.63, 3.8) is 0 Å². The lowest BCUT2D eigenvalue weighted by Crippen LogP contribution is -2.07. The lowest BCUT2D eigenvalue weighted by molar-refractivity contribution is 0.627. The SMILES string of the molecule is C=C(N)c1cc(F)c(N)nc1Nc1cncc2c1cnn2CC. The van der Waals surface area contributed by atoms with Crippen LogP contribution in [0.3, 0.4) is 0 Å². The second-order valence-corrected chi connectivity index (χ2v) is 4.98. The first-order valence-electron chi connectivity index (χ1n) is 6.98. The normalized spacial score (nSPS) is 10.9. The minimum absolute atomic E-state index is 0.184. The van der Waals surface area contributed by atoms with Crippen LogP contribution >= 0.6 is 0 Å². The number of rotatable bonds is 4. The van der Waals surface area contributed by atoms with Crippen LogP contribution in [0.2, 0.25) is 0 Å². The van der Waals surface area contributed by atoms with Crippen LogP contribution in [0.4, 0.5) is 21.7 Å². The van der Waals surface area contributed by atoms with E-state index in [9.17, 15) is 4.39 Å². The maximum atomic E-state index is 13.6. The molecule has 0 spiro atoms. The Labute approximate surface area is 131 Å². The fraction of sp³-hybridized carbons (Fsp3) is 0.133. The molecular formula is C15H16FN7. The number of hydrogen-bond donors (Lipinski definition) is 3. The van der Waals surface area contributed by atoms with Gasteiger partial charge >= 0.3 is 0 Å². The summed E-state index contributed by atoms with van der Waals surface area (Å²) in [6.45, 7) is 6.35. The predicted octanol–water partition coefficient (Wildman–Crippen LogP) is 2.24. The van der Waals surface area contributed by atoms with Crippen molar-refractivity contribution >= 4 is 33.9 Å². The van der Waals surface area contributed by atoms with Crippen molar-refractivity contribution in [2.45, 2.75) is 13.5 Å². The predicted molar refractivity (Wildman–Crippen MR) is 88.3 cm³/mol.